The molecule has 0 saturated carbocycles. The molecule has 112 valence electrons. The quantitative estimate of drug-likeness (QED) is 0.811. The van der Waals surface area contributed by atoms with E-state index in [1.165, 1.54) is 18.2 Å². The number of hydrogen-bond donors (Lipinski definition) is 1. The van der Waals surface area contributed by atoms with E-state index < -0.39 is 0 Å². The highest BCUT2D eigenvalue weighted by Crippen LogP contribution is 2.30. The van der Waals surface area contributed by atoms with Crippen LogP contribution >= 0.6 is 15.9 Å². The lowest BCUT2D eigenvalue weighted by Gasteiger charge is -2.22. The molecule has 2 rings (SSSR count). The Labute approximate surface area is 132 Å². The Bertz CT molecular complexity index is 612. The fourth-order valence-electron chi connectivity index (χ4n) is 2.63. The molecule has 0 saturated heterocycles. The van der Waals surface area contributed by atoms with E-state index in [-0.39, 0.29) is 17.7 Å². The fraction of sp³-hybridized carbons (Fsp3) is 0.294. The number of nitrogens with one attached hydrogen (secondary N) is 1. The zero-order chi connectivity index (χ0) is 15.6. The maximum atomic E-state index is 14.4. The van der Waals surface area contributed by atoms with Crippen molar-refractivity contribution in [2.75, 3.05) is 6.54 Å². The summed E-state index contributed by atoms with van der Waals surface area (Å²) >= 11 is 3.29. The van der Waals surface area contributed by atoms with Gasteiger partial charge in [0.05, 0.1) is 6.04 Å². The Morgan fingerprint density at radius 2 is 1.81 bits per heavy atom. The van der Waals surface area contributed by atoms with Gasteiger partial charge in [-0.2, -0.15) is 0 Å². The van der Waals surface area contributed by atoms with Gasteiger partial charge < -0.3 is 5.32 Å². The van der Waals surface area contributed by atoms with Crippen LogP contribution in [0, 0.1) is 25.5 Å². The van der Waals surface area contributed by atoms with Crippen LogP contribution in [0.3, 0.4) is 0 Å². The summed E-state index contributed by atoms with van der Waals surface area (Å²) in [6.45, 7) is 6.35. The molecule has 21 heavy (non-hydrogen) atoms. The van der Waals surface area contributed by atoms with Gasteiger partial charge in [0.2, 0.25) is 0 Å². The van der Waals surface area contributed by atoms with Crippen molar-refractivity contribution in [3.8, 4) is 0 Å². The Morgan fingerprint density at radius 1 is 1.10 bits per heavy atom. The van der Waals surface area contributed by atoms with E-state index in [0.29, 0.717) is 22.1 Å². The van der Waals surface area contributed by atoms with Crippen LogP contribution in [-0.4, -0.2) is 6.54 Å². The molecule has 1 atom stereocenters. The highest BCUT2D eigenvalue weighted by Gasteiger charge is 2.20. The first kappa shape index (κ1) is 16.1. The molecule has 0 aliphatic heterocycles. The van der Waals surface area contributed by atoms with Crippen LogP contribution in [0.4, 0.5) is 8.78 Å². The third-order valence-corrected chi connectivity index (χ3v) is 3.85. The maximum absolute atomic E-state index is 14.4. The standard InChI is InChI=1S/C17H18BrF2N/c1-4-21-17(12-7-13(18)9-14(19)8-12)16-11(3)5-10(2)6-15(16)20/h5-9,17,21H,4H2,1-3H3. The van der Waals surface area contributed by atoms with Gasteiger partial charge in [-0.3, -0.25) is 0 Å². The van der Waals surface area contributed by atoms with Crippen LogP contribution in [0.2, 0.25) is 0 Å². The molecule has 1 nitrogen and oxygen atoms in total. The molecule has 0 aromatic heterocycles. The van der Waals surface area contributed by atoms with Gasteiger partial charge in [0.15, 0.2) is 0 Å². The Morgan fingerprint density at radius 3 is 2.38 bits per heavy atom. The molecule has 1 unspecified atom stereocenters. The van der Waals surface area contributed by atoms with Crippen molar-refractivity contribution in [2.24, 2.45) is 0 Å². The van der Waals surface area contributed by atoms with Crippen molar-refractivity contribution >= 4 is 15.9 Å². The Hall–Kier alpha value is -1.26. The monoisotopic (exact) mass is 353 g/mol. The second kappa shape index (κ2) is 6.67. The first-order valence-electron chi connectivity index (χ1n) is 6.88. The molecule has 0 radical (unpaired) electrons. The van der Waals surface area contributed by atoms with Crippen LogP contribution in [0.5, 0.6) is 0 Å². The molecule has 2 aromatic carbocycles. The molecule has 0 amide bonds. The third kappa shape index (κ3) is 3.69. The summed E-state index contributed by atoms with van der Waals surface area (Å²) in [4.78, 5) is 0. The molecular formula is C17H18BrF2N. The van der Waals surface area contributed by atoms with Gasteiger partial charge in [-0.15, -0.1) is 0 Å². The zero-order valence-corrected chi connectivity index (χ0v) is 13.9. The van der Waals surface area contributed by atoms with Gasteiger partial charge in [-0.1, -0.05) is 28.9 Å². The lowest BCUT2D eigenvalue weighted by molar-refractivity contribution is 0.550. The van der Waals surface area contributed by atoms with Gasteiger partial charge in [-0.25, -0.2) is 8.78 Å². The molecule has 0 aliphatic rings. The second-order valence-corrected chi connectivity index (χ2v) is 6.09. The SMILES string of the molecule is CCNC(c1cc(F)cc(Br)c1)c1c(C)cc(C)cc1F. The largest absolute Gasteiger partial charge is 0.306 e. The lowest BCUT2D eigenvalue weighted by Crippen LogP contribution is -2.24. The molecular weight excluding hydrogens is 336 g/mol. The van der Waals surface area contributed by atoms with E-state index in [1.807, 2.05) is 32.9 Å². The van der Waals surface area contributed by atoms with Gasteiger partial charge in [0.1, 0.15) is 11.6 Å². The maximum Gasteiger partial charge on any atom is 0.128 e. The topological polar surface area (TPSA) is 12.0 Å². The van der Waals surface area contributed by atoms with E-state index >= 15 is 0 Å². The summed E-state index contributed by atoms with van der Waals surface area (Å²) in [5, 5.41) is 3.24. The van der Waals surface area contributed by atoms with Crippen molar-refractivity contribution < 1.29 is 8.78 Å². The van der Waals surface area contributed by atoms with Crippen molar-refractivity contribution in [3.63, 3.8) is 0 Å². The van der Waals surface area contributed by atoms with E-state index in [1.54, 1.807) is 0 Å². The minimum absolute atomic E-state index is 0.265. The highest BCUT2D eigenvalue weighted by atomic mass is 79.9. The van der Waals surface area contributed by atoms with Crippen LogP contribution < -0.4 is 5.32 Å². The van der Waals surface area contributed by atoms with E-state index in [9.17, 15) is 8.78 Å². The Kier molecular flexibility index (Phi) is 5.12. The molecule has 0 aliphatic carbocycles. The van der Waals surface area contributed by atoms with E-state index in [2.05, 4.69) is 21.2 Å². The number of hydrogen-bond acceptors (Lipinski definition) is 1. The minimum atomic E-state index is -0.373. The van der Waals surface area contributed by atoms with Crippen molar-refractivity contribution in [2.45, 2.75) is 26.8 Å². The molecule has 0 bridgehead atoms. The summed E-state index contributed by atoms with van der Waals surface area (Å²) in [5.74, 6) is -0.605. The van der Waals surface area contributed by atoms with Crippen LogP contribution in [0.25, 0.3) is 0 Å². The predicted molar refractivity (Wildman–Crippen MR) is 85.5 cm³/mol. The minimum Gasteiger partial charge on any atom is -0.306 e. The summed E-state index contributed by atoms with van der Waals surface area (Å²) in [7, 11) is 0. The summed E-state index contributed by atoms with van der Waals surface area (Å²) in [6, 6.07) is 7.73. The van der Waals surface area contributed by atoms with Gasteiger partial charge in [-0.05, 0) is 61.3 Å². The van der Waals surface area contributed by atoms with E-state index in [4.69, 9.17) is 0 Å². The average Bonchev–Trinajstić information content (AvgIpc) is 2.35. The van der Waals surface area contributed by atoms with Crippen LogP contribution in [0.1, 0.15) is 35.2 Å². The van der Waals surface area contributed by atoms with Crippen LogP contribution in [0.15, 0.2) is 34.8 Å². The van der Waals surface area contributed by atoms with Crippen molar-refractivity contribution in [1.29, 1.82) is 0 Å². The smallest absolute Gasteiger partial charge is 0.128 e. The van der Waals surface area contributed by atoms with Crippen molar-refractivity contribution in [1.82, 2.24) is 5.32 Å². The number of halogens is 3. The lowest BCUT2D eigenvalue weighted by atomic mass is 9.93. The first-order valence-corrected chi connectivity index (χ1v) is 7.67. The molecule has 0 spiro atoms. The zero-order valence-electron chi connectivity index (χ0n) is 12.3. The van der Waals surface area contributed by atoms with Crippen molar-refractivity contribution in [3.05, 3.63) is 68.7 Å². The average molecular weight is 354 g/mol. The molecule has 0 heterocycles. The normalized spacial score (nSPS) is 12.5. The van der Waals surface area contributed by atoms with Gasteiger partial charge in [0.25, 0.3) is 0 Å². The second-order valence-electron chi connectivity index (χ2n) is 5.17. The molecule has 4 heteroatoms. The first-order chi connectivity index (χ1) is 9.92. The third-order valence-electron chi connectivity index (χ3n) is 3.40. The molecule has 2 aromatic rings. The molecule has 1 N–H and O–H groups in total. The molecule has 0 fully saturated rings. The fourth-order valence-corrected chi connectivity index (χ4v) is 3.11. The summed E-state index contributed by atoms with van der Waals surface area (Å²) < 4.78 is 28.7. The van der Waals surface area contributed by atoms with Gasteiger partial charge in [0, 0.05) is 10.0 Å². The number of benzene rings is 2. The van der Waals surface area contributed by atoms with Gasteiger partial charge >= 0.3 is 0 Å². The number of aryl methyl sites for hydroxylation is 2. The van der Waals surface area contributed by atoms with Crippen LogP contribution in [-0.2, 0) is 0 Å². The Balaban J connectivity index is 2.58. The number of rotatable bonds is 4. The summed E-state index contributed by atoms with van der Waals surface area (Å²) in [6.07, 6.45) is 0. The predicted octanol–water partition coefficient (Wildman–Crippen LogP) is 5.04. The highest BCUT2D eigenvalue weighted by molar-refractivity contribution is 9.10. The van der Waals surface area contributed by atoms with E-state index in [0.717, 1.165) is 11.1 Å². The summed E-state index contributed by atoms with van der Waals surface area (Å²) in [5.41, 5.74) is 3.01.